The first-order chi connectivity index (χ1) is 18.6. The summed E-state index contributed by atoms with van der Waals surface area (Å²) in [5, 5.41) is 2.86. The third kappa shape index (κ3) is 3.75. The lowest BCUT2D eigenvalue weighted by Gasteiger charge is -2.32. The number of hydrogen-bond donors (Lipinski definition) is 0. The molecule has 3 aliphatic heterocycles. The Morgan fingerprint density at radius 1 is 0.632 bits per heavy atom. The Morgan fingerprint density at radius 2 is 1.08 bits per heavy atom. The molecule has 3 aliphatic rings. The number of rotatable bonds is 5. The number of hydrogen-bond acceptors (Lipinski definition) is 2. The molecule has 0 saturated carbocycles. The lowest BCUT2D eigenvalue weighted by Crippen LogP contribution is -2.21. The first-order valence-electron chi connectivity index (χ1n) is 13.4. The van der Waals surface area contributed by atoms with Gasteiger partial charge in [0.1, 0.15) is 12.2 Å². The third-order valence-electron chi connectivity index (χ3n) is 8.43. The summed E-state index contributed by atoms with van der Waals surface area (Å²) in [5.74, 6) is 0. The molecule has 4 aromatic carbocycles. The summed E-state index contributed by atoms with van der Waals surface area (Å²) in [4.78, 5) is 0. The smallest absolute Gasteiger partial charge is 0.186 e. The van der Waals surface area contributed by atoms with E-state index in [-0.39, 0.29) is 23.9 Å². The summed E-state index contributed by atoms with van der Waals surface area (Å²) in [6, 6.07) is 43.0. The maximum absolute atomic E-state index is 6.98. The Bertz CT molecular complexity index is 1460. The second-order valence-electron chi connectivity index (χ2n) is 10.7. The highest BCUT2D eigenvalue weighted by Crippen LogP contribution is 2.79. The molecule has 0 aromatic heterocycles. The molecular weight excluding hydrogens is 483 g/mol. The van der Waals surface area contributed by atoms with E-state index >= 15 is 0 Å². The first-order valence-corrected chi connectivity index (χ1v) is 14.9. The van der Waals surface area contributed by atoms with Crippen molar-refractivity contribution >= 4 is 18.8 Å². The maximum Gasteiger partial charge on any atom is 0.186 e. The van der Waals surface area contributed by atoms with Gasteiger partial charge in [0.2, 0.25) is 0 Å². The highest BCUT2D eigenvalue weighted by Gasteiger charge is 2.56. The lowest BCUT2D eigenvalue weighted by molar-refractivity contribution is -0.0319. The Labute approximate surface area is 226 Å². The van der Waals surface area contributed by atoms with Crippen molar-refractivity contribution in [2.75, 3.05) is 6.16 Å². The van der Waals surface area contributed by atoms with E-state index in [0.29, 0.717) is 0 Å². The normalized spacial score (nSPS) is 26.9. The fourth-order valence-corrected chi connectivity index (χ4v) is 10.2. The lowest BCUT2D eigenvalue weighted by atomic mass is 9.74. The van der Waals surface area contributed by atoms with E-state index in [2.05, 4.69) is 135 Å². The van der Waals surface area contributed by atoms with Crippen LogP contribution in [-0.4, -0.2) is 12.5 Å². The van der Waals surface area contributed by atoms with Crippen LogP contribution >= 0.6 is 7.92 Å². The van der Waals surface area contributed by atoms with Gasteiger partial charge in [-0.2, -0.15) is 0 Å². The number of allylic oxidation sites excluding steroid dienone is 2. The van der Waals surface area contributed by atoms with Crippen LogP contribution in [0.2, 0.25) is 0 Å². The molecule has 2 nitrogen and oxygen atoms in total. The van der Waals surface area contributed by atoms with Crippen LogP contribution in [0, 0.1) is 5.41 Å². The molecule has 1 fully saturated rings. The van der Waals surface area contributed by atoms with E-state index in [4.69, 9.17) is 9.47 Å². The highest BCUT2D eigenvalue weighted by atomic mass is 31.1. The quantitative estimate of drug-likeness (QED) is 0.247. The predicted molar refractivity (Wildman–Crippen MR) is 157 cm³/mol. The number of fused-ring (bicyclic) bond motifs is 2. The van der Waals surface area contributed by atoms with Crippen molar-refractivity contribution in [3.63, 3.8) is 0 Å². The SMILES string of the molecule is CC1=C(c2ccccc2)P2C[C@]1(C)C(c1ccccc1)=C2C1O[C@@H](c2ccccc2)[C@H](c2ccccc2)O1. The minimum absolute atomic E-state index is 0.0344. The molecule has 4 aromatic rings. The van der Waals surface area contributed by atoms with Crippen LogP contribution in [-0.2, 0) is 9.47 Å². The van der Waals surface area contributed by atoms with Crippen LogP contribution in [0.25, 0.3) is 10.9 Å². The van der Waals surface area contributed by atoms with E-state index in [1.807, 2.05) is 0 Å². The molecule has 7 rings (SSSR count). The molecule has 4 atom stereocenters. The standard InChI is InChI=1S/C35H31O2P/c1-24-32(28-21-13-6-14-22-28)38-23-35(24,2)29(25-15-7-3-8-16-25)33(38)34-36-30(26-17-9-4-10-18-26)31(37-34)27-19-11-5-12-20-27/h3-22,30-31,34H,23H2,1-2H3/t30-,31-,35-,38?/m0/s1. The summed E-state index contributed by atoms with van der Waals surface area (Å²) in [6.45, 7) is 4.78. The average molecular weight is 515 g/mol. The van der Waals surface area contributed by atoms with Gasteiger partial charge in [0.25, 0.3) is 0 Å². The van der Waals surface area contributed by atoms with Gasteiger partial charge in [-0.3, -0.25) is 0 Å². The zero-order chi connectivity index (χ0) is 25.7. The fraction of sp³-hybridized carbons (Fsp3) is 0.200. The Morgan fingerprint density at radius 3 is 1.58 bits per heavy atom. The molecule has 0 aliphatic carbocycles. The molecule has 0 spiro atoms. The average Bonchev–Trinajstić information content (AvgIpc) is 3.62. The maximum atomic E-state index is 6.98. The van der Waals surface area contributed by atoms with E-state index in [0.717, 1.165) is 17.3 Å². The number of ether oxygens (including phenoxy) is 2. The van der Waals surface area contributed by atoms with Crippen LogP contribution in [0.4, 0.5) is 0 Å². The summed E-state index contributed by atoms with van der Waals surface area (Å²) >= 11 is 0. The van der Waals surface area contributed by atoms with Gasteiger partial charge in [-0.1, -0.05) is 134 Å². The van der Waals surface area contributed by atoms with Gasteiger partial charge in [-0.05, 0) is 54.1 Å². The van der Waals surface area contributed by atoms with Gasteiger partial charge >= 0.3 is 0 Å². The van der Waals surface area contributed by atoms with E-state index in [1.54, 1.807) is 0 Å². The van der Waals surface area contributed by atoms with Crippen molar-refractivity contribution in [2.24, 2.45) is 5.41 Å². The van der Waals surface area contributed by atoms with E-state index < -0.39 is 7.92 Å². The predicted octanol–water partition coefficient (Wildman–Crippen LogP) is 9.20. The minimum atomic E-state index is -0.601. The van der Waals surface area contributed by atoms with Gasteiger partial charge in [-0.25, -0.2) is 0 Å². The zero-order valence-electron chi connectivity index (χ0n) is 21.7. The first kappa shape index (κ1) is 23.8. The molecular formula is C35H31O2P. The van der Waals surface area contributed by atoms with Gasteiger partial charge in [0.15, 0.2) is 6.29 Å². The second-order valence-corrected chi connectivity index (χ2v) is 12.8. The molecule has 188 valence electrons. The largest absolute Gasteiger partial charge is 0.337 e. The topological polar surface area (TPSA) is 18.5 Å². The van der Waals surface area contributed by atoms with Crippen molar-refractivity contribution < 1.29 is 9.47 Å². The molecule has 38 heavy (non-hydrogen) atoms. The van der Waals surface area contributed by atoms with Crippen molar-refractivity contribution in [2.45, 2.75) is 32.3 Å². The Hall–Kier alpha value is -3.29. The van der Waals surface area contributed by atoms with Gasteiger partial charge in [0, 0.05) is 10.7 Å². The molecule has 3 heteroatoms. The second kappa shape index (κ2) is 9.47. The van der Waals surface area contributed by atoms with Crippen molar-refractivity contribution in [3.05, 3.63) is 154 Å². The summed E-state index contributed by atoms with van der Waals surface area (Å²) in [7, 11) is -0.601. The van der Waals surface area contributed by atoms with Crippen LogP contribution in [0.3, 0.4) is 0 Å². The van der Waals surface area contributed by atoms with Crippen LogP contribution < -0.4 is 0 Å². The summed E-state index contributed by atoms with van der Waals surface area (Å²) in [5.41, 5.74) is 7.80. The molecule has 0 amide bonds. The van der Waals surface area contributed by atoms with Crippen LogP contribution in [0.15, 0.2) is 132 Å². The summed E-state index contributed by atoms with van der Waals surface area (Å²) < 4.78 is 14.0. The molecule has 3 heterocycles. The fourth-order valence-electron chi connectivity index (χ4n) is 6.51. The zero-order valence-corrected chi connectivity index (χ0v) is 22.6. The van der Waals surface area contributed by atoms with E-state index in [1.165, 1.54) is 32.9 Å². The van der Waals surface area contributed by atoms with Crippen molar-refractivity contribution in [1.29, 1.82) is 0 Å². The number of benzene rings is 4. The minimum Gasteiger partial charge on any atom is -0.337 e. The Kier molecular flexibility index (Phi) is 5.93. The summed E-state index contributed by atoms with van der Waals surface area (Å²) in [6.07, 6.45) is 0.399. The molecule has 1 unspecified atom stereocenters. The molecule has 0 N–H and O–H groups in total. The van der Waals surface area contributed by atoms with Gasteiger partial charge in [0.05, 0.1) is 0 Å². The third-order valence-corrected chi connectivity index (χ3v) is 11.5. The van der Waals surface area contributed by atoms with Crippen molar-refractivity contribution in [3.8, 4) is 0 Å². The van der Waals surface area contributed by atoms with Crippen molar-refractivity contribution in [1.82, 2.24) is 0 Å². The van der Waals surface area contributed by atoms with Crippen LogP contribution in [0.1, 0.15) is 48.3 Å². The molecule has 2 bridgehead atoms. The van der Waals surface area contributed by atoms with Gasteiger partial charge < -0.3 is 9.47 Å². The molecule has 1 saturated heterocycles. The molecule has 0 radical (unpaired) electrons. The Balaban J connectivity index is 1.38. The van der Waals surface area contributed by atoms with Crippen LogP contribution in [0.5, 0.6) is 0 Å². The highest BCUT2D eigenvalue weighted by molar-refractivity contribution is 7.73. The monoisotopic (exact) mass is 514 g/mol. The van der Waals surface area contributed by atoms with Gasteiger partial charge in [-0.15, -0.1) is 0 Å². The van der Waals surface area contributed by atoms with E-state index in [9.17, 15) is 0 Å².